The Balaban J connectivity index is 1.92. The molecule has 0 saturated carbocycles. The molecule has 2 heterocycles. The molecule has 0 bridgehead atoms. The number of nitrogen functional groups attached to an aromatic ring is 1. The van der Waals surface area contributed by atoms with Crippen LogP contribution in [0.5, 0.6) is 5.88 Å². The van der Waals surface area contributed by atoms with Gasteiger partial charge in [-0.15, -0.1) is 0 Å². The molecule has 0 radical (unpaired) electrons. The van der Waals surface area contributed by atoms with Gasteiger partial charge >= 0.3 is 0 Å². The summed E-state index contributed by atoms with van der Waals surface area (Å²) in [6, 6.07) is 4.38. The second kappa shape index (κ2) is 7.33. The highest BCUT2D eigenvalue weighted by atomic mass is 16.5. The molecule has 20 heavy (non-hydrogen) atoms. The number of aromatic nitrogens is 1. The molecule has 1 aromatic heterocycles. The number of ether oxygens (including phenoxy) is 1. The average molecular weight is 278 g/mol. The van der Waals surface area contributed by atoms with E-state index in [1.807, 2.05) is 12.1 Å². The van der Waals surface area contributed by atoms with Crippen LogP contribution in [0.4, 0.5) is 11.5 Å². The van der Waals surface area contributed by atoms with E-state index in [0.717, 1.165) is 25.3 Å². The van der Waals surface area contributed by atoms with Gasteiger partial charge in [0, 0.05) is 12.6 Å². The summed E-state index contributed by atoms with van der Waals surface area (Å²) in [7, 11) is 0. The predicted molar refractivity (Wildman–Crippen MR) is 83.2 cm³/mol. The van der Waals surface area contributed by atoms with Crippen molar-refractivity contribution in [2.24, 2.45) is 0 Å². The first-order valence-corrected chi connectivity index (χ1v) is 7.61. The van der Waals surface area contributed by atoms with Gasteiger partial charge in [0.2, 0.25) is 5.88 Å². The fourth-order valence-electron chi connectivity index (χ4n) is 2.63. The maximum absolute atomic E-state index is 5.87. The predicted octanol–water partition coefficient (Wildman–Crippen LogP) is 2.35. The van der Waals surface area contributed by atoms with E-state index in [1.165, 1.54) is 19.4 Å². The van der Waals surface area contributed by atoms with Crippen LogP contribution in [0.15, 0.2) is 12.1 Å². The zero-order valence-electron chi connectivity index (χ0n) is 12.6. The molecule has 0 amide bonds. The van der Waals surface area contributed by atoms with E-state index in [0.29, 0.717) is 24.2 Å². The molecule has 1 aromatic rings. The first-order chi connectivity index (χ1) is 9.74. The highest BCUT2D eigenvalue weighted by molar-refractivity contribution is 5.53. The Hall–Kier alpha value is -1.49. The van der Waals surface area contributed by atoms with Crippen molar-refractivity contribution >= 4 is 11.5 Å². The minimum absolute atomic E-state index is 0.538. The lowest BCUT2D eigenvalue weighted by Crippen LogP contribution is -2.34. The van der Waals surface area contributed by atoms with Crippen molar-refractivity contribution in [3.63, 3.8) is 0 Å². The number of rotatable bonds is 7. The third kappa shape index (κ3) is 3.76. The maximum atomic E-state index is 5.87. The van der Waals surface area contributed by atoms with E-state index < -0.39 is 0 Å². The number of likely N-dealkylation sites (tertiary alicyclic amines) is 1. The van der Waals surface area contributed by atoms with Crippen LogP contribution < -0.4 is 15.8 Å². The summed E-state index contributed by atoms with van der Waals surface area (Å²) in [6.45, 7) is 8.19. The van der Waals surface area contributed by atoms with E-state index in [-0.39, 0.29) is 0 Å². The molecule has 112 valence electrons. The van der Waals surface area contributed by atoms with Crippen LogP contribution in [-0.4, -0.2) is 42.2 Å². The molecular weight excluding hydrogens is 252 g/mol. The van der Waals surface area contributed by atoms with Gasteiger partial charge < -0.3 is 15.8 Å². The molecule has 2 rings (SSSR count). The monoisotopic (exact) mass is 278 g/mol. The van der Waals surface area contributed by atoms with Gasteiger partial charge in [0.15, 0.2) is 0 Å². The Kier molecular flexibility index (Phi) is 5.47. The lowest BCUT2D eigenvalue weighted by atomic mass is 10.2. The van der Waals surface area contributed by atoms with Gasteiger partial charge in [0.05, 0.1) is 12.3 Å². The SMILES string of the molecule is CCCOc1nc(NCC2CCCN2CC)ccc1N. The first-order valence-electron chi connectivity index (χ1n) is 7.61. The highest BCUT2D eigenvalue weighted by Crippen LogP contribution is 2.22. The fourth-order valence-corrected chi connectivity index (χ4v) is 2.63. The number of hydrogen-bond donors (Lipinski definition) is 2. The van der Waals surface area contributed by atoms with Crippen molar-refractivity contribution in [3.8, 4) is 5.88 Å². The summed E-state index contributed by atoms with van der Waals surface area (Å²) in [5, 5.41) is 3.41. The van der Waals surface area contributed by atoms with Gasteiger partial charge in [-0.3, -0.25) is 4.90 Å². The molecule has 3 N–H and O–H groups in total. The van der Waals surface area contributed by atoms with E-state index in [4.69, 9.17) is 10.5 Å². The standard InChI is InChI=1S/C15H26N4O/c1-3-10-20-15-13(16)7-8-14(18-15)17-11-12-6-5-9-19(12)4-2/h7-8,12H,3-6,9-11,16H2,1-2H3,(H,17,18). The van der Waals surface area contributed by atoms with E-state index in [1.54, 1.807) is 0 Å². The molecule has 1 aliphatic heterocycles. The van der Waals surface area contributed by atoms with E-state index in [9.17, 15) is 0 Å². The smallest absolute Gasteiger partial charge is 0.239 e. The molecule has 1 unspecified atom stereocenters. The number of nitrogens with one attached hydrogen (secondary N) is 1. The Morgan fingerprint density at radius 3 is 3.05 bits per heavy atom. The minimum Gasteiger partial charge on any atom is -0.476 e. The summed E-state index contributed by atoms with van der Waals surface area (Å²) < 4.78 is 5.55. The zero-order chi connectivity index (χ0) is 14.4. The first kappa shape index (κ1) is 14.9. The molecule has 1 aliphatic rings. The zero-order valence-corrected chi connectivity index (χ0v) is 12.6. The van der Waals surface area contributed by atoms with Crippen molar-refractivity contribution in [1.29, 1.82) is 0 Å². The summed E-state index contributed by atoms with van der Waals surface area (Å²) in [5.41, 5.74) is 6.47. The third-order valence-electron chi connectivity index (χ3n) is 3.76. The number of hydrogen-bond acceptors (Lipinski definition) is 5. The van der Waals surface area contributed by atoms with Gasteiger partial charge in [-0.1, -0.05) is 13.8 Å². The van der Waals surface area contributed by atoms with Gasteiger partial charge in [-0.2, -0.15) is 4.98 Å². The molecule has 0 spiro atoms. The Morgan fingerprint density at radius 2 is 2.30 bits per heavy atom. The quantitative estimate of drug-likeness (QED) is 0.801. The Morgan fingerprint density at radius 1 is 1.45 bits per heavy atom. The third-order valence-corrected chi connectivity index (χ3v) is 3.76. The summed E-state index contributed by atoms with van der Waals surface area (Å²) in [5.74, 6) is 1.38. The molecule has 1 fully saturated rings. The topological polar surface area (TPSA) is 63.4 Å². The van der Waals surface area contributed by atoms with Crippen LogP contribution in [0.25, 0.3) is 0 Å². The van der Waals surface area contributed by atoms with Crippen LogP contribution in [0.2, 0.25) is 0 Å². The average Bonchev–Trinajstić information content (AvgIpc) is 2.92. The number of pyridine rings is 1. The largest absolute Gasteiger partial charge is 0.476 e. The number of nitrogens with two attached hydrogens (primary N) is 1. The second-order valence-corrected chi connectivity index (χ2v) is 5.24. The fraction of sp³-hybridized carbons (Fsp3) is 0.667. The molecule has 0 aliphatic carbocycles. The van der Waals surface area contributed by atoms with Crippen molar-refractivity contribution in [1.82, 2.24) is 9.88 Å². The number of anilines is 2. The summed E-state index contributed by atoms with van der Waals surface area (Å²) >= 11 is 0. The van der Waals surface area contributed by atoms with Crippen molar-refractivity contribution in [2.45, 2.75) is 39.2 Å². The van der Waals surface area contributed by atoms with Crippen molar-refractivity contribution in [3.05, 3.63) is 12.1 Å². The molecular formula is C15H26N4O. The summed E-state index contributed by atoms with van der Waals surface area (Å²) in [6.07, 6.45) is 3.50. The number of likely N-dealkylation sites (N-methyl/N-ethyl adjacent to an activating group) is 1. The normalized spacial score (nSPS) is 19.2. The van der Waals surface area contributed by atoms with Crippen LogP contribution in [0.3, 0.4) is 0 Å². The minimum atomic E-state index is 0.538. The molecule has 0 aromatic carbocycles. The Labute approximate surface area is 121 Å². The van der Waals surface area contributed by atoms with Crippen LogP contribution >= 0.6 is 0 Å². The Bertz CT molecular complexity index is 424. The van der Waals surface area contributed by atoms with Crippen molar-refractivity contribution in [2.75, 3.05) is 37.3 Å². The van der Waals surface area contributed by atoms with Gasteiger partial charge in [0.1, 0.15) is 5.82 Å². The van der Waals surface area contributed by atoms with Gasteiger partial charge in [0.25, 0.3) is 0 Å². The lowest BCUT2D eigenvalue weighted by Gasteiger charge is -2.23. The lowest BCUT2D eigenvalue weighted by molar-refractivity contribution is 0.276. The van der Waals surface area contributed by atoms with Crippen LogP contribution in [0, 0.1) is 0 Å². The van der Waals surface area contributed by atoms with Crippen molar-refractivity contribution < 1.29 is 4.74 Å². The van der Waals surface area contributed by atoms with E-state index in [2.05, 4.69) is 29.0 Å². The second-order valence-electron chi connectivity index (χ2n) is 5.24. The van der Waals surface area contributed by atoms with E-state index >= 15 is 0 Å². The molecule has 5 heteroatoms. The summed E-state index contributed by atoms with van der Waals surface area (Å²) in [4.78, 5) is 6.96. The highest BCUT2D eigenvalue weighted by Gasteiger charge is 2.22. The number of nitrogens with zero attached hydrogens (tertiary/aromatic N) is 2. The van der Waals surface area contributed by atoms with Gasteiger partial charge in [-0.25, -0.2) is 0 Å². The van der Waals surface area contributed by atoms with Crippen LogP contribution in [0.1, 0.15) is 33.1 Å². The maximum Gasteiger partial charge on any atom is 0.239 e. The van der Waals surface area contributed by atoms with Gasteiger partial charge in [-0.05, 0) is 44.5 Å². The van der Waals surface area contributed by atoms with Crippen LogP contribution in [-0.2, 0) is 0 Å². The molecule has 1 atom stereocenters. The molecule has 1 saturated heterocycles. The molecule has 5 nitrogen and oxygen atoms in total.